The molecule has 0 radical (unpaired) electrons. The van der Waals surface area contributed by atoms with Crippen molar-refractivity contribution in [2.24, 2.45) is 11.8 Å². The van der Waals surface area contributed by atoms with Gasteiger partial charge in [-0.05, 0) is 37.0 Å². The van der Waals surface area contributed by atoms with Gasteiger partial charge in [0.25, 0.3) is 5.91 Å². The minimum atomic E-state index is -1.81. The molecule has 1 aromatic heterocycles. The van der Waals surface area contributed by atoms with Gasteiger partial charge in [0.1, 0.15) is 22.2 Å². The minimum absolute atomic E-state index is 0.00625. The number of H-pyrrole nitrogens is 1. The van der Waals surface area contributed by atoms with E-state index in [-0.39, 0.29) is 42.1 Å². The maximum Gasteiger partial charge on any atom is 0.312 e. The van der Waals surface area contributed by atoms with Crippen molar-refractivity contribution in [2.45, 2.75) is 39.7 Å². The van der Waals surface area contributed by atoms with Gasteiger partial charge in [-0.1, -0.05) is 26.8 Å². The van der Waals surface area contributed by atoms with Gasteiger partial charge in [0, 0.05) is 29.7 Å². The van der Waals surface area contributed by atoms with Crippen molar-refractivity contribution in [3.8, 4) is 5.75 Å². The number of ketones is 1. The first-order valence-corrected chi connectivity index (χ1v) is 13.4. The van der Waals surface area contributed by atoms with Crippen molar-refractivity contribution >= 4 is 44.5 Å². The number of hydrogen-bond donors (Lipinski definition) is 3. The summed E-state index contributed by atoms with van der Waals surface area (Å²) in [6, 6.07) is 6.22. The molecule has 10 nitrogen and oxygen atoms in total. The van der Waals surface area contributed by atoms with Crippen LogP contribution in [0.3, 0.4) is 0 Å². The Kier molecular flexibility index (Phi) is 9.25. The number of aromatic amines is 1. The number of carbonyl (C=O) groups is 4. The normalized spacial score (nSPS) is 17.0. The largest absolute Gasteiger partial charge is 0.496 e. The Hall–Kier alpha value is -3.21. The van der Waals surface area contributed by atoms with Crippen molar-refractivity contribution in [3.63, 3.8) is 0 Å². The quantitative estimate of drug-likeness (QED) is 0.417. The molecule has 3 amide bonds. The van der Waals surface area contributed by atoms with Crippen molar-refractivity contribution < 1.29 is 28.1 Å². The number of aromatic nitrogens is 1. The summed E-state index contributed by atoms with van der Waals surface area (Å²) in [5.74, 6) is -0.693. The second-order valence-electron chi connectivity index (χ2n) is 9.28. The van der Waals surface area contributed by atoms with E-state index in [2.05, 4.69) is 15.6 Å². The Morgan fingerprint density at radius 1 is 1.28 bits per heavy atom. The van der Waals surface area contributed by atoms with E-state index in [9.17, 15) is 23.4 Å². The van der Waals surface area contributed by atoms with E-state index < -0.39 is 33.9 Å². The van der Waals surface area contributed by atoms with Crippen LogP contribution < -0.4 is 15.4 Å². The molecule has 196 valence electrons. The molecule has 3 atom stereocenters. The average molecular weight is 519 g/mol. The van der Waals surface area contributed by atoms with Gasteiger partial charge in [-0.2, -0.15) is 0 Å². The molecule has 1 aliphatic rings. The molecule has 3 rings (SSSR count). The van der Waals surface area contributed by atoms with Crippen LogP contribution in [-0.4, -0.2) is 75.5 Å². The molecule has 1 aromatic carbocycles. The van der Waals surface area contributed by atoms with Crippen LogP contribution in [0.25, 0.3) is 10.9 Å². The lowest BCUT2D eigenvalue weighted by molar-refractivity contribution is -0.124. The van der Waals surface area contributed by atoms with Crippen LogP contribution in [0.2, 0.25) is 0 Å². The maximum atomic E-state index is 13.4. The number of carbonyl (C=O) groups excluding carboxylic acids is 4. The monoisotopic (exact) mass is 518 g/mol. The highest BCUT2D eigenvalue weighted by molar-refractivity contribution is 8.00. The molecule has 2 aromatic rings. The van der Waals surface area contributed by atoms with E-state index in [0.717, 1.165) is 10.9 Å². The summed E-state index contributed by atoms with van der Waals surface area (Å²) in [5, 5.41) is 5.58. The number of amides is 3. The first kappa shape index (κ1) is 27.4. The SMILES string of the molecule is CCS(=O)C(=O)N(CC(=O)[C@H](CC(C)C)NC(=O)c1cc2c(OC)cccc2[nH]1)C[C@@H]1CCNC1=O. The standard InChI is InChI=1S/C25H34N4O6S/c1-5-36(34)25(33)29(13-16-9-10-26-23(16)31)14-21(30)19(11-15(2)3)28-24(32)20-12-17-18(27-20)7-6-8-22(17)35-4/h6-8,12,15-16,19,27H,5,9-11,13-14H2,1-4H3,(H,26,31)(H,28,32)/t16-,19-,36?/m0/s1. The molecular formula is C25H34N4O6S. The Labute approximate surface area is 213 Å². The molecule has 1 saturated heterocycles. The molecule has 1 fully saturated rings. The van der Waals surface area contributed by atoms with Crippen molar-refractivity contribution in [2.75, 3.05) is 32.5 Å². The molecule has 0 saturated carbocycles. The fourth-order valence-corrected chi connectivity index (χ4v) is 4.93. The van der Waals surface area contributed by atoms with Gasteiger partial charge in [-0.25, -0.2) is 4.21 Å². The van der Waals surface area contributed by atoms with Gasteiger partial charge >= 0.3 is 5.24 Å². The second-order valence-corrected chi connectivity index (χ2v) is 10.9. The Morgan fingerprint density at radius 2 is 2.03 bits per heavy atom. The predicted molar refractivity (Wildman–Crippen MR) is 137 cm³/mol. The zero-order valence-corrected chi connectivity index (χ0v) is 21.9. The van der Waals surface area contributed by atoms with Crippen LogP contribution in [0.15, 0.2) is 24.3 Å². The number of rotatable bonds is 11. The molecule has 11 heteroatoms. The number of fused-ring (bicyclic) bond motifs is 1. The Morgan fingerprint density at radius 3 is 2.64 bits per heavy atom. The molecule has 1 unspecified atom stereocenters. The van der Waals surface area contributed by atoms with Crippen LogP contribution in [0.5, 0.6) is 5.75 Å². The number of Topliss-reactive ketones (excluding diaryl/α,β-unsaturated/α-hetero) is 1. The molecule has 0 spiro atoms. The number of ether oxygens (including phenoxy) is 1. The lowest BCUT2D eigenvalue weighted by Gasteiger charge is -2.26. The lowest BCUT2D eigenvalue weighted by atomic mass is 9.99. The summed E-state index contributed by atoms with van der Waals surface area (Å²) in [7, 11) is -0.259. The smallest absolute Gasteiger partial charge is 0.312 e. The van der Waals surface area contributed by atoms with E-state index in [1.807, 2.05) is 19.9 Å². The summed E-state index contributed by atoms with van der Waals surface area (Å²) in [4.78, 5) is 55.6. The van der Waals surface area contributed by atoms with Crippen LogP contribution in [-0.2, 0) is 20.4 Å². The highest BCUT2D eigenvalue weighted by Gasteiger charge is 2.33. The molecular weight excluding hydrogens is 484 g/mol. The Bertz CT molecular complexity index is 1160. The van der Waals surface area contributed by atoms with Gasteiger partial charge in [-0.15, -0.1) is 0 Å². The summed E-state index contributed by atoms with van der Waals surface area (Å²) in [6.07, 6.45) is 0.891. The number of nitrogens with one attached hydrogen (secondary N) is 3. The topological polar surface area (TPSA) is 138 Å². The predicted octanol–water partition coefficient (Wildman–Crippen LogP) is 2.22. The van der Waals surface area contributed by atoms with Crippen LogP contribution in [0.4, 0.5) is 4.79 Å². The second kappa shape index (κ2) is 12.2. The number of benzene rings is 1. The highest BCUT2D eigenvalue weighted by Crippen LogP contribution is 2.26. The number of methoxy groups -OCH3 is 1. The maximum absolute atomic E-state index is 13.4. The summed E-state index contributed by atoms with van der Waals surface area (Å²) < 4.78 is 17.6. The summed E-state index contributed by atoms with van der Waals surface area (Å²) in [6.45, 7) is 5.64. The van der Waals surface area contributed by atoms with Crippen molar-refractivity contribution in [1.82, 2.24) is 20.5 Å². The van der Waals surface area contributed by atoms with E-state index in [4.69, 9.17) is 4.74 Å². The first-order valence-electron chi connectivity index (χ1n) is 12.1. The summed E-state index contributed by atoms with van der Waals surface area (Å²) >= 11 is 0. The lowest BCUT2D eigenvalue weighted by Crippen LogP contribution is -2.49. The number of nitrogens with zero attached hydrogens (tertiary/aromatic N) is 1. The molecule has 2 heterocycles. The fourth-order valence-electron chi connectivity index (χ4n) is 4.26. The molecule has 0 bridgehead atoms. The zero-order valence-electron chi connectivity index (χ0n) is 21.1. The van der Waals surface area contributed by atoms with E-state index in [0.29, 0.717) is 25.1 Å². The third kappa shape index (κ3) is 6.51. The molecule has 36 heavy (non-hydrogen) atoms. The molecule has 0 aliphatic carbocycles. The molecule has 3 N–H and O–H groups in total. The summed E-state index contributed by atoms with van der Waals surface area (Å²) in [5.41, 5.74) is 0.999. The van der Waals surface area contributed by atoms with Gasteiger partial charge in [0.2, 0.25) is 5.91 Å². The van der Waals surface area contributed by atoms with Gasteiger partial charge in [0.05, 0.1) is 25.6 Å². The molecule has 1 aliphatic heterocycles. The number of hydrogen-bond acceptors (Lipinski definition) is 6. The van der Waals surface area contributed by atoms with E-state index in [1.54, 1.807) is 32.2 Å². The van der Waals surface area contributed by atoms with Gasteiger partial charge < -0.3 is 25.3 Å². The Balaban J connectivity index is 1.79. The van der Waals surface area contributed by atoms with Crippen LogP contribution in [0.1, 0.15) is 44.1 Å². The third-order valence-electron chi connectivity index (χ3n) is 6.16. The van der Waals surface area contributed by atoms with Crippen molar-refractivity contribution in [1.29, 1.82) is 0 Å². The average Bonchev–Trinajstić information content (AvgIpc) is 3.47. The van der Waals surface area contributed by atoms with Crippen LogP contribution >= 0.6 is 0 Å². The first-order chi connectivity index (χ1) is 17.1. The van der Waals surface area contributed by atoms with Gasteiger partial charge in [0.15, 0.2) is 5.78 Å². The highest BCUT2D eigenvalue weighted by atomic mass is 32.2. The third-order valence-corrected chi connectivity index (χ3v) is 7.33. The van der Waals surface area contributed by atoms with Gasteiger partial charge in [-0.3, -0.25) is 19.2 Å². The van der Waals surface area contributed by atoms with Crippen LogP contribution in [0, 0.1) is 11.8 Å². The van der Waals surface area contributed by atoms with E-state index >= 15 is 0 Å². The fraction of sp³-hybridized carbons (Fsp3) is 0.520. The zero-order chi connectivity index (χ0) is 26.4. The van der Waals surface area contributed by atoms with Crippen molar-refractivity contribution in [3.05, 3.63) is 30.0 Å². The minimum Gasteiger partial charge on any atom is -0.496 e. The van der Waals surface area contributed by atoms with E-state index in [1.165, 1.54) is 4.90 Å².